The zero-order chi connectivity index (χ0) is 15.6. The molecule has 2 aliphatic rings. The first-order valence-electron chi connectivity index (χ1n) is 7.84. The van der Waals surface area contributed by atoms with Crippen molar-refractivity contribution in [3.05, 3.63) is 24.7 Å². The number of aromatic nitrogens is 2. The maximum atomic E-state index is 5.83. The van der Waals surface area contributed by atoms with E-state index in [4.69, 9.17) is 18.8 Å². The minimum Gasteiger partial charge on any atom is -0.534 e. The highest BCUT2D eigenvalue weighted by atomic mass is 16.7. The van der Waals surface area contributed by atoms with E-state index >= 15 is 0 Å². The van der Waals surface area contributed by atoms with E-state index in [2.05, 4.69) is 11.7 Å². The topological polar surface area (TPSA) is 54.7 Å². The monoisotopic (exact) mass is 306 g/mol. The average molecular weight is 306 g/mol. The summed E-state index contributed by atoms with van der Waals surface area (Å²) in [5.74, 6) is 0.642. The van der Waals surface area contributed by atoms with Gasteiger partial charge >= 0.3 is 7.12 Å². The van der Waals surface area contributed by atoms with E-state index in [-0.39, 0.29) is 6.29 Å². The lowest BCUT2D eigenvalue weighted by molar-refractivity contribution is -0.163. The summed E-state index contributed by atoms with van der Waals surface area (Å²) in [6.45, 7) is 9.82. The summed E-state index contributed by atoms with van der Waals surface area (Å²) in [4.78, 5) is 0. The van der Waals surface area contributed by atoms with Crippen LogP contribution in [0.4, 0.5) is 0 Å². The van der Waals surface area contributed by atoms with Crippen LogP contribution in [0.1, 0.15) is 33.1 Å². The maximum Gasteiger partial charge on any atom is 0.566 e. The molecule has 0 bridgehead atoms. The molecule has 1 aromatic rings. The lowest BCUT2D eigenvalue weighted by Gasteiger charge is -2.22. The minimum atomic E-state index is -0.464. The second-order valence-electron chi connectivity index (χ2n) is 6.20. The first kappa shape index (κ1) is 15.6. The Morgan fingerprint density at radius 1 is 1.50 bits per heavy atom. The van der Waals surface area contributed by atoms with Gasteiger partial charge in [0.25, 0.3) is 0 Å². The van der Waals surface area contributed by atoms with Gasteiger partial charge in [0.15, 0.2) is 6.29 Å². The first-order chi connectivity index (χ1) is 10.5. The first-order valence-corrected chi connectivity index (χ1v) is 7.84. The predicted molar refractivity (Wildman–Crippen MR) is 82.5 cm³/mol. The molecule has 0 spiro atoms. The summed E-state index contributed by atoms with van der Waals surface area (Å²) in [5.41, 5.74) is 0.425. The van der Waals surface area contributed by atoms with Crippen molar-refractivity contribution in [3.63, 3.8) is 0 Å². The third-order valence-electron chi connectivity index (χ3n) is 4.01. The van der Waals surface area contributed by atoms with Gasteiger partial charge in [-0.3, -0.25) is 4.68 Å². The quantitative estimate of drug-likeness (QED) is 0.771. The Bertz CT molecular complexity index is 525. The molecule has 7 heteroatoms. The highest BCUT2D eigenvalue weighted by Crippen LogP contribution is 2.28. The molecule has 1 aromatic heterocycles. The summed E-state index contributed by atoms with van der Waals surface area (Å²) in [5, 5.41) is 4.32. The third-order valence-corrected chi connectivity index (χ3v) is 4.01. The fourth-order valence-corrected chi connectivity index (χ4v) is 2.51. The lowest BCUT2D eigenvalue weighted by Crippen LogP contribution is -2.33. The zero-order valence-electron chi connectivity index (χ0n) is 13.3. The van der Waals surface area contributed by atoms with Crippen molar-refractivity contribution in [2.75, 3.05) is 13.2 Å². The van der Waals surface area contributed by atoms with E-state index < -0.39 is 12.7 Å². The van der Waals surface area contributed by atoms with E-state index in [1.807, 2.05) is 24.7 Å². The molecule has 0 aliphatic carbocycles. The molecule has 0 radical (unpaired) electrons. The van der Waals surface area contributed by atoms with Crippen LogP contribution in [0, 0.1) is 0 Å². The van der Waals surface area contributed by atoms with Gasteiger partial charge < -0.3 is 18.8 Å². The normalized spacial score (nSPS) is 24.5. The van der Waals surface area contributed by atoms with Crippen LogP contribution >= 0.6 is 0 Å². The Morgan fingerprint density at radius 3 is 3.05 bits per heavy atom. The van der Waals surface area contributed by atoms with Crippen LogP contribution in [-0.4, -0.2) is 42.0 Å². The molecule has 22 heavy (non-hydrogen) atoms. The van der Waals surface area contributed by atoms with Crippen molar-refractivity contribution in [3.8, 4) is 0 Å². The summed E-state index contributed by atoms with van der Waals surface area (Å²) >= 11 is 0. The SMILES string of the molecule is C=C1OB(c2cnn(CCOC3CCCCO3)c2)OC1(C)C. The van der Waals surface area contributed by atoms with Gasteiger partial charge in [-0.05, 0) is 33.1 Å². The Balaban J connectivity index is 1.48. The van der Waals surface area contributed by atoms with Gasteiger partial charge in [-0.25, -0.2) is 0 Å². The molecule has 1 unspecified atom stereocenters. The van der Waals surface area contributed by atoms with E-state index in [0.717, 1.165) is 24.9 Å². The molecular formula is C15H23BN2O4. The third kappa shape index (κ3) is 3.53. The highest BCUT2D eigenvalue weighted by Gasteiger charge is 2.43. The molecule has 6 nitrogen and oxygen atoms in total. The number of nitrogens with zero attached hydrogens (tertiary/aromatic N) is 2. The van der Waals surface area contributed by atoms with Crippen LogP contribution in [0.25, 0.3) is 0 Å². The molecule has 2 saturated heterocycles. The van der Waals surface area contributed by atoms with Gasteiger partial charge in [-0.1, -0.05) is 6.58 Å². The van der Waals surface area contributed by atoms with Crippen molar-refractivity contribution in [1.29, 1.82) is 0 Å². The zero-order valence-corrected chi connectivity index (χ0v) is 13.3. The van der Waals surface area contributed by atoms with Crippen molar-refractivity contribution in [1.82, 2.24) is 9.78 Å². The van der Waals surface area contributed by atoms with Crippen molar-refractivity contribution in [2.24, 2.45) is 0 Å². The second-order valence-corrected chi connectivity index (χ2v) is 6.20. The average Bonchev–Trinajstić information content (AvgIpc) is 3.06. The fraction of sp³-hybridized carbons (Fsp3) is 0.667. The molecule has 2 fully saturated rings. The Labute approximate surface area is 131 Å². The molecular weight excluding hydrogens is 283 g/mol. The van der Waals surface area contributed by atoms with Crippen LogP contribution in [0.3, 0.4) is 0 Å². The van der Waals surface area contributed by atoms with Crippen molar-refractivity contribution in [2.45, 2.75) is 51.5 Å². The molecule has 120 valence electrons. The smallest absolute Gasteiger partial charge is 0.534 e. The summed E-state index contributed by atoms with van der Waals surface area (Å²) in [6.07, 6.45) is 6.90. The van der Waals surface area contributed by atoms with E-state index in [9.17, 15) is 0 Å². The molecule has 3 heterocycles. The van der Waals surface area contributed by atoms with Gasteiger partial charge in [0.1, 0.15) is 5.60 Å². The molecule has 2 aliphatic heterocycles. The Morgan fingerprint density at radius 2 is 2.36 bits per heavy atom. The van der Waals surface area contributed by atoms with Gasteiger partial charge in [0, 0.05) is 18.3 Å². The Kier molecular flexibility index (Phi) is 4.56. The van der Waals surface area contributed by atoms with Crippen LogP contribution in [0.2, 0.25) is 0 Å². The van der Waals surface area contributed by atoms with Crippen LogP contribution in [-0.2, 0) is 25.3 Å². The van der Waals surface area contributed by atoms with Gasteiger partial charge in [0.05, 0.1) is 25.1 Å². The summed E-state index contributed by atoms with van der Waals surface area (Å²) < 4.78 is 24.6. The molecule has 3 rings (SSSR count). The van der Waals surface area contributed by atoms with Crippen LogP contribution in [0.15, 0.2) is 24.7 Å². The molecule has 0 amide bonds. The standard InChI is InChI=1S/C15H23BN2O4/c1-12-15(2,3)22-16(21-12)13-10-17-18(11-13)7-9-20-14-6-4-5-8-19-14/h10-11,14H,1,4-9H2,2-3H3. The van der Waals surface area contributed by atoms with Gasteiger partial charge in [-0.15, -0.1) is 0 Å². The fourth-order valence-electron chi connectivity index (χ4n) is 2.51. The molecule has 0 saturated carbocycles. The number of ether oxygens (including phenoxy) is 2. The van der Waals surface area contributed by atoms with Crippen molar-refractivity contribution >= 4 is 12.6 Å². The number of hydrogen-bond acceptors (Lipinski definition) is 5. The van der Waals surface area contributed by atoms with Crippen LogP contribution < -0.4 is 5.46 Å². The molecule has 0 N–H and O–H groups in total. The highest BCUT2D eigenvalue weighted by molar-refractivity contribution is 6.62. The van der Waals surface area contributed by atoms with Gasteiger partial charge in [-0.2, -0.15) is 5.10 Å². The van der Waals surface area contributed by atoms with E-state index in [1.54, 1.807) is 6.20 Å². The summed E-state index contributed by atoms with van der Waals surface area (Å²) in [7, 11) is -0.432. The predicted octanol–water partition coefficient (Wildman–Crippen LogP) is 1.46. The molecule has 1 atom stereocenters. The summed E-state index contributed by atoms with van der Waals surface area (Å²) in [6, 6.07) is 0. The van der Waals surface area contributed by atoms with Crippen molar-refractivity contribution < 1.29 is 18.8 Å². The van der Waals surface area contributed by atoms with Crippen LogP contribution in [0.5, 0.6) is 0 Å². The maximum absolute atomic E-state index is 5.83. The second kappa shape index (κ2) is 6.44. The number of hydrogen-bond donors (Lipinski definition) is 0. The van der Waals surface area contributed by atoms with Gasteiger partial charge in [0.2, 0.25) is 0 Å². The Hall–Kier alpha value is -1.31. The van der Waals surface area contributed by atoms with E-state index in [1.165, 1.54) is 6.42 Å². The largest absolute Gasteiger partial charge is 0.566 e. The lowest BCUT2D eigenvalue weighted by atomic mass is 9.82. The minimum absolute atomic E-state index is 0.0607. The number of rotatable bonds is 5. The van der Waals surface area contributed by atoms with E-state index in [0.29, 0.717) is 18.9 Å². The molecule has 0 aromatic carbocycles.